The number of pyridine rings is 1. The number of imidazole rings is 1. The number of Topliss-reactive ketones (excluding diaryl/α,β-unsaturated/α-hetero) is 1. The highest BCUT2D eigenvalue weighted by molar-refractivity contribution is 6.08. The van der Waals surface area contributed by atoms with E-state index in [1.807, 2.05) is 30.3 Å². The highest BCUT2D eigenvalue weighted by Gasteiger charge is 2.31. The van der Waals surface area contributed by atoms with Gasteiger partial charge < -0.3 is 5.73 Å². The topological polar surface area (TPSA) is 73.8 Å². The van der Waals surface area contributed by atoms with E-state index in [1.54, 1.807) is 23.0 Å². The Kier molecular flexibility index (Phi) is 3.72. The van der Waals surface area contributed by atoms with E-state index < -0.39 is 0 Å². The summed E-state index contributed by atoms with van der Waals surface area (Å²) in [6.45, 7) is 0. The third kappa shape index (κ3) is 2.57. The summed E-state index contributed by atoms with van der Waals surface area (Å²) < 4.78 is 15.4. The smallest absolute Gasteiger partial charge is 0.167 e. The van der Waals surface area contributed by atoms with Crippen LogP contribution in [0, 0.1) is 5.82 Å². The second-order valence-electron chi connectivity index (χ2n) is 7.05. The van der Waals surface area contributed by atoms with Crippen LogP contribution < -0.4 is 5.73 Å². The number of benzene rings is 2. The molecule has 0 bridgehead atoms. The van der Waals surface area contributed by atoms with E-state index in [9.17, 15) is 9.18 Å². The molecule has 5 nitrogen and oxygen atoms in total. The molecule has 1 aliphatic carbocycles. The molecule has 1 atom stereocenters. The number of nitrogens with zero attached hydrogens (tertiary/aromatic N) is 3. The number of nitrogen functional groups attached to an aromatic ring is 1. The van der Waals surface area contributed by atoms with Crippen LogP contribution >= 0.6 is 0 Å². The fraction of sp³-hybridized carbons (Fsp3) is 0.136. The molecule has 0 unspecified atom stereocenters. The first-order valence-corrected chi connectivity index (χ1v) is 9.11. The Labute approximate surface area is 160 Å². The van der Waals surface area contributed by atoms with Gasteiger partial charge in [-0.15, -0.1) is 0 Å². The number of ketones is 1. The second-order valence-corrected chi connectivity index (χ2v) is 7.05. The zero-order chi connectivity index (χ0) is 19.3. The molecule has 4 aromatic rings. The van der Waals surface area contributed by atoms with Crippen molar-refractivity contribution in [2.24, 2.45) is 0 Å². The molecule has 2 heterocycles. The summed E-state index contributed by atoms with van der Waals surface area (Å²) in [5.41, 5.74) is 10.5. The van der Waals surface area contributed by atoms with Crippen LogP contribution in [0.25, 0.3) is 16.9 Å². The lowest BCUT2D eigenvalue weighted by Crippen LogP contribution is -2.22. The molecule has 0 saturated heterocycles. The van der Waals surface area contributed by atoms with E-state index in [0.29, 0.717) is 46.6 Å². The maximum absolute atomic E-state index is 13.7. The minimum Gasteiger partial charge on any atom is -0.396 e. The van der Waals surface area contributed by atoms with Gasteiger partial charge in [0.1, 0.15) is 17.7 Å². The quantitative estimate of drug-likeness (QED) is 0.576. The van der Waals surface area contributed by atoms with Crippen molar-refractivity contribution in [1.82, 2.24) is 14.5 Å². The average molecular weight is 372 g/mol. The summed E-state index contributed by atoms with van der Waals surface area (Å²) in [7, 11) is 0. The summed E-state index contributed by atoms with van der Waals surface area (Å²) in [4.78, 5) is 21.9. The molecule has 2 aromatic heterocycles. The normalized spacial score (nSPS) is 16.3. The van der Waals surface area contributed by atoms with Gasteiger partial charge in [0.25, 0.3) is 0 Å². The van der Waals surface area contributed by atoms with Crippen LogP contribution in [0.2, 0.25) is 0 Å². The summed E-state index contributed by atoms with van der Waals surface area (Å²) in [6.07, 6.45) is 2.59. The first-order valence-electron chi connectivity index (χ1n) is 9.11. The van der Waals surface area contributed by atoms with Crippen molar-refractivity contribution in [2.45, 2.75) is 18.8 Å². The Morgan fingerprint density at radius 3 is 2.68 bits per heavy atom. The highest BCUT2D eigenvalue weighted by Crippen LogP contribution is 2.37. The summed E-state index contributed by atoms with van der Waals surface area (Å²) in [5.74, 6) is -0.289. The first-order chi connectivity index (χ1) is 13.6. The monoisotopic (exact) mass is 372 g/mol. The van der Waals surface area contributed by atoms with E-state index in [2.05, 4.69) is 4.98 Å². The largest absolute Gasteiger partial charge is 0.396 e. The Morgan fingerprint density at radius 2 is 1.89 bits per heavy atom. The number of anilines is 1. The molecule has 138 valence electrons. The predicted octanol–water partition coefficient (Wildman–Crippen LogP) is 4.05. The number of fused-ring (bicyclic) bond motifs is 2. The van der Waals surface area contributed by atoms with Gasteiger partial charge in [0.2, 0.25) is 0 Å². The lowest BCUT2D eigenvalue weighted by atomic mass is 9.81. The molecule has 0 spiro atoms. The lowest BCUT2D eigenvalue weighted by Gasteiger charge is -2.24. The number of rotatable bonds is 2. The summed E-state index contributed by atoms with van der Waals surface area (Å²) in [5, 5.41) is 0. The van der Waals surface area contributed by atoms with Crippen LogP contribution in [0.15, 0.2) is 60.9 Å². The van der Waals surface area contributed by atoms with Crippen LogP contribution in [0.1, 0.15) is 34.0 Å². The number of nitrogens with two attached hydrogens (primary N) is 1. The molecular formula is C22H17FN4O. The minimum atomic E-state index is -0.343. The van der Waals surface area contributed by atoms with Gasteiger partial charge in [-0.05, 0) is 36.1 Å². The molecular weight excluding hydrogens is 355 g/mol. The van der Waals surface area contributed by atoms with Gasteiger partial charge in [0, 0.05) is 6.42 Å². The van der Waals surface area contributed by atoms with Crippen molar-refractivity contribution < 1.29 is 9.18 Å². The number of carbonyl (C=O) groups excluding carboxylic acids is 1. The zero-order valence-corrected chi connectivity index (χ0v) is 15.0. The van der Waals surface area contributed by atoms with Crippen LogP contribution in [-0.2, 0) is 6.42 Å². The van der Waals surface area contributed by atoms with Gasteiger partial charge in [-0.1, -0.05) is 36.4 Å². The maximum atomic E-state index is 13.7. The lowest BCUT2D eigenvalue weighted by molar-refractivity contribution is 0.0964. The predicted molar refractivity (Wildman–Crippen MR) is 105 cm³/mol. The van der Waals surface area contributed by atoms with Gasteiger partial charge >= 0.3 is 0 Å². The SMILES string of the molecule is Nc1c2c(nc3c1ncn3-c1cccc(F)c1)C[C@@H](c1ccccc1)CC2=O. The minimum absolute atomic E-state index is 0.0118. The Hall–Kier alpha value is -3.54. The highest BCUT2D eigenvalue weighted by atomic mass is 19.1. The third-order valence-corrected chi connectivity index (χ3v) is 5.30. The van der Waals surface area contributed by atoms with Gasteiger partial charge in [0.15, 0.2) is 11.4 Å². The van der Waals surface area contributed by atoms with Gasteiger partial charge in [-0.2, -0.15) is 0 Å². The molecule has 2 N–H and O–H groups in total. The van der Waals surface area contributed by atoms with Crippen molar-refractivity contribution >= 4 is 22.6 Å². The van der Waals surface area contributed by atoms with Crippen molar-refractivity contribution in [3.05, 3.63) is 83.6 Å². The van der Waals surface area contributed by atoms with E-state index in [0.717, 1.165) is 5.56 Å². The molecule has 6 heteroatoms. The van der Waals surface area contributed by atoms with Gasteiger partial charge in [-0.3, -0.25) is 9.36 Å². The molecule has 28 heavy (non-hydrogen) atoms. The standard InChI is InChI=1S/C22H17FN4O/c23-15-7-4-8-16(11-15)27-12-25-21-20(24)19-17(26-22(21)27)9-14(10-18(19)28)13-5-2-1-3-6-13/h1-8,11-12,14H,9-10H2,(H2,24,26)/t14-/m1/s1. The van der Waals surface area contributed by atoms with E-state index in [4.69, 9.17) is 10.7 Å². The molecule has 2 aromatic carbocycles. The van der Waals surface area contributed by atoms with Crippen LogP contribution in [0.3, 0.4) is 0 Å². The van der Waals surface area contributed by atoms with E-state index >= 15 is 0 Å². The first kappa shape index (κ1) is 16.6. The number of halogens is 1. The molecule has 1 aliphatic rings. The van der Waals surface area contributed by atoms with Crippen molar-refractivity contribution in [3.63, 3.8) is 0 Å². The molecule has 0 aliphatic heterocycles. The molecule has 0 radical (unpaired) electrons. The van der Waals surface area contributed by atoms with Gasteiger partial charge in [0.05, 0.1) is 22.6 Å². The Balaban J connectivity index is 1.67. The second kappa shape index (κ2) is 6.27. The number of carbonyl (C=O) groups is 1. The average Bonchev–Trinajstić information content (AvgIpc) is 3.12. The van der Waals surface area contributed by atoms with E-state index in [-0.39, 0.29) is 17.5 Å². The van der Waals surface area contributed by atoms with Gasteiger partial charge in [-0.25, -0.2) is 14.4 Å². The molecule has 0 amide bonds. The summed E-state index contributed by atoms with van der Waals surface area (Å²) in [6, 6.07) is 16.2. The zero-order valence-electron chi connectivity index (χ0n) is 15.0. The van der Waals surface area contributed by atoms with Crippen molar-refractivity contribution in [2.75, 3.05) is 5.73 Å². The fourth-order valence-electron chi connectivity index (χ4n) is 3.96. The molecule has 0 fully saturated rings. The fourth-order valence-corrected chi connectivity index (χ4v) is 3.96. The Bertz CT molecular complexity index is 1220. The number of aromatic nitrogens is 3. The molecule has 5 rings (SSSR count). The van der Waals surface area contributed by atoms with Crippen LogP contribution in [-0.4, -0.2) is 20.3 Å². The van der Waals surface area contributed by atoms with Crippen LogP contribution in [0.4, 0.5) is 10.1 Å². The van der Waals surface area contributed by atoms with Crippen molar-refractivity contribution in [3.8, 4) is 5.69 Å². The Morgan fingerprint density at radius 1 is 1.07 bits per heavy atom. The number of hydrogen-bond acceptors (Lipinski definition) is 4. The van der Waals surface area contributed by atoms with Crippen molar-refractivity contribution in [1.29, 1.82) is 0 Å². The maximum Gasteiger partial charge on any atom is 0.167 e. The third-order valence-electron chi connectivity index (χ3n) is 5.30. The molecule has 0 saturated carbocycles. The van der Waals surface area contributed by atoms with E-state index in [1.165, 1.54) is 12.1 Å². The summed E-state index contributed by atoms with van der Waals surface area (Å²) >= 11 is 0. The van der Waals surface area contributed by atoms with Crippen LogP contribution in [0.5, 0.6) is 0 Å². The number of hydrogen-bond donors (Lipinski definition) is 1.